The second-order valence-electron chi connectivity index (χ2n) is 5.34. The Bertz CT molecular complexity index is 429. The molecule has 6 nitrogen and oxygen atoms in total. The largest absolute Gasteiger partial charge is 0.480 e. The molecule has 2 aliphatic heterocycles. The Kier molecular flexibility index (Phi) is 1.52. The molecule has 90 valence electrons. The number of likely N-dealkylation sites (tertiary alicyclic amines) is 1. The van der Waals surface area contributed by atoms with Crippen molar-refractivity contribution >= 4 is 17.8 Å². The van der Waals surface area contributed by atoms with Crippen LogP contribution in [0.25, 0.3) is 0 Å². The fourth-order valence-corrected chi connectivity index (χ4v) is 4.08. The van der Waals surface area contributed by atoms with Gasteiger partial charge in [0.25, 0.3) is 0 Å². The summed E-state index contributed by atoms with van der Waals surface area (Å²) in [6.45, 7) is -0.500. The number of rotatable bonds is 2. The quantitative estimate of drug-likeness (QED) is 0.496. The number of carboxylic acid groups (broad SMARTS) is 1. The van der Waals surface area contributed by atoms with Crippen molar-refractivity contribution in [2.24, 2.45) is 23.7 Å². The lowest BCUT2D eigenvalue weighted by Crippen LogP contribution is -2.37. The van der Waals surface area contributed by atoms with Gasteiger partial charge in [0.05, 0.1) is 24.0 Å². The van der Waals surface area contributed by atoms with E-state index in [1.165, 1.54) is 0 Å². The third kappa shape index (κ3) is 0.976. The maximum atomic E-state index is 12.1. The normalized spacial score (nSPS) is 49.5. The van der Waals surface area contributed by atoms with Gasteiger partial charge in [-0.05, 0) is 6.42 Å². The average Bonchev–Trinajstić information content (AvgIpc) is 2.82. The van der Waals surface area contributed by atoms with E-state index >= 15 is 0 Å². The van der Waals surface area contributed by atoms with Gasteiger partial charge >= 0.3 is 5.97 Å². The topological polar surface area (TPSA) is 87.2 Å². The zero-order valence-electron chi connectivity index (χ0n) is 8.91. The van der Waals surface area contributed by atoms with Crippen molar-refractivity contribution in [1.82, 2.24) is 4.90 Å². The molecule has 2 bridgehead atoms. The molecule has 6 atom stereocenters. The highest BCUT2D eigenvalue weighted by Crippen LogP contribution is 2.63. The molecule has 0 radical (unpaired) electrons. The van der Waals surface area contributed by atoms with E-state index in [9.17, 15) is 14.4 Å². The lowest BCUT2D eigenvalue weighted by atomic mass is 9.81. The van der Waals surface area contributed by atoms with Crippen molar-refractivity contribution in [3.8, 4) is 0 Å². The molecule has 17 heavy (non-hydrogen) atoms. The van der Waals surface area contributed by atoms with Crippen LogP contribution < -0.4 is 0 Å². The third-order valence-corrected chi connectivity index (χ3v) is 4.65. The number of aliphatic carboxylic acids is 1. The van der Waals surface area contributed by atoms with Crippen molar-refractivity contribution in [1.29, 1.82) is 0 Å². The van der Waals surface area contributed by atoms with Gasteiger partial charge in [0.1, 0.15) is 6.54 Å². The van der Waals surface area contributed by atoms with E-state index in [4.69, 9.17) is 9.84 Å². The van der Waals surface area contributed by atoms with Gasteiger partial charge in [-0.2, -0.15) is 0 Å². The number of nitrogens with zero attached hydrogens (tertiary/aromatic N) is 1. The Hall–Kier alpha value is -1.43. The first-order valence-electron chi connectivity index (χ1n) is 5.82. The average molecular weight is 237 g/mol. The van der Waals surface area contributed by atoms with Gasteiger partial charge in [-0.1, -0.05) is 0 Å². The molecule has 4 rings (SSSR count). The monoisotopic (exact) mass is 237 g/mol. The van der Waals surface area contributed by atoms with E-state index in [1.54, 1.807) is 0 Å². The SMILES string of the molecule is O=C(O)CN1C(=O)C2C3CC(C4OC34)C2C1=O. The number of carbonyl (C=O) groups excluding carboxylic acids is 2. The Labute approximate surface area is 96.5 Å². The Morgan fingerprint density at radius 1 is 1.24 bits per heavy atom. The summed E-state index contributed by atoms with van der Waals surface area (Å²) < 4.78 is 5.45. The van der Waals surface area contributed by atoms with Gasteiger partial charge < -0.3 is 9.84 Å². The lowest BCUT2D eigenvalue weighted by Gasteiger charge is -2.15. The molecule has 0 spiro atoms. The molecule has 4 fully saturated rings. The molecule has 4 aliphatic rings. The predicted molar refractivity (Wildman–Crippen MR) is 51.6 cm³/mol. The van der Waals surface area contributed by atoms with Gasteiger partial charge in [0, 0.05) is 11.8 Å². The Morgan fingerprint density at radius 2 is 1.76 bits per heavy atom. The summed E-state index contributed by atoms with van der Waals surface area (Å²) in [5, 5.41) is 8.71. The van der Waals surface area contributed by atoms with Gasteiger partial charge in [-0.3, -0.25) is 19.3 Å². The van der Waals surface area contributed by atoms with E-state index in [0.29, 0.717) is 0 Å². The number of hydrogen-bond donors (Lipinski definition) is 1. The number of hydrogen-bond acceptors (Lipinski definition) is 4. The van der Waals surface area contributed by atoms with Crippen molar-refractivity contribution in [3.63, 3.8) is 0 Å². The maximum Gasteiger partial charge on any atom is 0.323 e. The highest BCUT2D eigenvalue weighted by atomic mass is 16.6. The maximum absolute atomic E-state index is 12.1. The first kappa shape index (κ1) is 9.58. The number of ether oxygens (including phenoxy) is 1. The molecule has 0 aromatic heterocycles. The van der Waals surface area contributed by atoms with Gasteiger partial charge in [0.15, 0.2) is 0 Å². The third-order valence-electron chi connectivity index (χ3n) is 4.65. The summed E-state index contributed by atoms with van der Waals surface area (Å²) >= 11 is 0. The van der Waals surface area contributed by atoms with Crippen molar-refractivity contribution in [3.05, 3.63) is 0 Å². The van der Waals surface area contributed by atoms with Crippen LogP contribution in [-0.2, 0) is 19.1 Å². The second kappa shape index (κ2) is 2.69. The molecule has 2 saturated heterocycles. The van der Waals surface area contributed by atoms with Crippen LogP contribution >= 0.6 is 0 Å². The molecule has 6 heteroatoms. The highest BCUT2D eigenvalue weighted by Gasteiger charge is 2.73. The summed E-state index contributed by atoms with van der Waals surface area (Å²) in [5.74, 6) is -2.07. The highest BCUT2D eigenvalue weighted by molar-refractivity contribution is 6.07. The lowest BCUT2D eigenvalue weighted by molar-refractivity contribution is -0.150. The van der Waals surface area contributed by atoms with Crippen LogP contribution in [-0.4, -0.2) is 46.5 Å². The van der Waals surface area contributed by atoms with Gasteiger partial charge in [-0.25, -0.2) is 0 Å². The van der Waals surface area contributed by atoms with E-state index in [2.05, 4.69) is 0 Å². The molecule has 0 aromatic carbocycles. The fourth-order valence-electron chi connectivity index (χ4n) is 4.08. The summed E-state index contributed by atoms with van der Waals surface area (Å²) in [4.78, 5) is 35.7. The number of fused-ring (bicyclic) bond motifs is 8. The van der Waals surface area contributed by atoms with E-state index < -0.39 is 12.5 Å². The van der Waals surface area contributed by atoms with Crippen LogP contribution in [0.2, 0.25) is 0 Å². The minimum Gasteiger partial charge on any atom is -0.480 e. The first-order valence-corrected chi connectivity index (χ1v) is 5.82. The number of epoxide rings is 1. The van der Waals surface area contributed by atoms with Crippen LogP contribution in [0.1, 0.15) is 6.42 Å². The zero-order chi connectivity index (χ0) is 11.9. The summed E-state index contributed by atoms with van der Waals surface area (Å²) in [6, 6.07) is 0. The molecule has 2 aliphatic carbocycles. The van der Waals surface area contributed by atoms with Crippen LogP contribution in [0.3, 0.4) is 0 Å². The molecular weight excluding hydrogens is 226 g/mol. The van der Waals surface area contributed by atoms with Crippen molar-refractivity contribution in [2.45, 2.75) is 18.6 Å². The number of carboxylic acids is 1. The molecule has 0 aromatic rings. The number of carbonyl (C=O) groups is 3. The Morgan fingerprint density at radius 3 is 2.24 bits per heavy atom. The zero-order valence-corrected chi connectivity index (χ0v) is 8.91. The predicted octanol–water partition coefficient (Wildman–Crippen LogP) is -0.911. The summed E-state index contributed by atoms with van der Waals surface area (Å²) in [5.41, 5.74) is 0. The van der Waals surface area contributed by atoms with E-state index in [1.807, 2.05) is 0 Å². The van der Waals surface area contributed by atoms with Gasteiger partial charge in [-0.15, -0.1) is 0 Å². The van der Waals surface area contributed by atoms with Crippen LogP contribution in [0, 0.1) is 23.7 Å². The summed E-state index contributed by atoms with van der Waals surface area (Å²) in [7, 11) is 0. The minimum absolute atomic E-state index is 0.144. The second-order valence-corrected chi connectivity index (χ2v) is 5.34. The molecule has 2 amide bonds. The van der Waals surface area contributed by atoms with Gasteiger partial charge in [0.2, 0.25) is 11.8 Å². The first-order chi connectivity index (χ1) is 8.09. The van der Waals surface area contributed by atoms with Crippen LogP contribution in [0.15, 0.2) is 0 Å². The van der Waals surface area contributed by atoms with Crippen LogP contribution in [0.4, 0.5) is 0 Å². The molecule has 2 heterocycles. The molecular formula is C11H11NO5. The van der Waals surface area contributed by atoms with E-state index in [-0.39, 0.29) is 47.7 Å². The van der Waals surface area contributed by atoms with Crippen molar-refractivity contribution in [2.75, 3.05) is 6.54 Å². The smallest absolute Gasteiger partial charge is 0.323 e. The molecule has 2 saturated carbocycles. The molecule has 1 N–H and O–H groups in total. The fraction of sp³-hybridized carbons (Fsp3) is 0.727. The number of amides is 2. The summed E-state index contributed by atoms with van der Waals surface area (Å²) in [6.07, 6.45) is 1.20. The number of imide groups is 1. The minimum atomic E-state index is -1.14. The van der Waals surface area contributed by atoms with Crippen LogP contribution in [0.5, 0.6) is 0 Å². The Balaban J connectivity index is 1.68. The molecule has 6 unspecified atom stereocenters. The van der Waals surface area contributed by atoms with E-state index in [0.717, 1.165) is 11.3 Å². The standard InChI is InChI=1S/C11H11NO5/c13-5(14)2-12-10(15)6-3-1-4(7(6)11(12)16)9-8(3)17-9/h3-4,6-9H,1-2H2,(H,13,14). The van der Waals surface area contributed by atoms with Crippen molar-refractivity contribution < 1.29 is 24.2 Å².